The van der Waals surface area contributed by atoms with Crippen molar-refractivity contribution in [3.05, 3.63) is 48.0 Å². The van der Waals surface area contributed by atoms with E-state index in [1.807, 2.05) is 0 Å². The SMILES string of the molecule is COc1ccc(S(=O)(=O)N(Cc2ccc(N)c(N)c2)[C@@H](C(=O)O)C(C)C)cc1. The van der Waals surface area contributed by atoms with Crippen molar-refractivity contribution in [2.75, 3.05) is 18.6 Å². The van der Waals surface area contributed by atoms with Gasteiger partial charge in [0, 0.05) is 6.54 Å². The molecule has 0 amide bonds. The summed E-state index contributed by atoms with van der Waals surface area (Å²) in [5.74, 6) is -1.19. The van der Waals surface area contributed by atoms with Crippen LogP contribution in [0.4, 0.5) is 11.4 Å². The van der Waals surface area contributed by atoms with Crippen LogP contribution >= 0.6 is 0 Å². The van der Waals surface area contributed by atoms with Gasteiger partial charge in [-0.25, -0.2) is 8.42 Å². The number of hydrogen-bond donors (Lipinski definition) is 3. The summed E-state index contributed by atoms with van der Waals surface area (Å²) in [4.78, 5) is 11.9. The van der Waals surface area contributed by atoms with E-state index in [9.17, 15) is 18.3 Å². The van der Waals surface area contributed by atoms with Crippen molar-refractivity contribution in [2.24, 2.45) is 5.92 Å². The Hall–Kier alpha value is -2.78. The number of hydrogen-bond acceptors (Lipinski definition) is 6. The van der Waals surface area contributed by atoms with Gasteiger partial charge in [0.25, 0.3) is 0 Å². The third-order valence-electron chi connectivity index (χ3n) is 4.35. The highest BCUT2D eigenvalue weighted by atomic mass is 32.2. The van der Waals surface area contributed by atoms with Crippen LogP contribution in [-0.4, -0.2) is 37.0 Å². The molecule has 28 heavy (non-hydrogen) atoms. The number of ether oxygens (including phenoxy) is 1. The second kappa shape index (κ2) is 8.49. The van der Waals surface area contributed by atoms with E-state index in [0.29, 0.717) is 22.7 Å². The lowest BCUT2D eigenvalue weighted by atomic mass is 10.0. The number of sulfonamides is 1. The van der Waals surface area contributed by atoms with Crippen LogP contribution in [0.2, 0.25) is 0 Å². The van der Waals surface area contributed by atoms with Gasteiger partial charge in [-0.05, 0) is 47.9 Å². The largest absolute Gasteiger partial charge is 0.497 e. The molecule has 1 atom stereocenters. The van der Waals surface area contributed by atoms with Crippen LogP contribution in [0.5, 0.6) is 5.75 Å². The zero-order valence-electron chi connectivity index (χ0n) is 16.0. The molecule has 0 fully saturated rings. The molecule has 0 spiro atoms. The highest BCUT2D eigenvalue weighted by Crippen LogP contribution is 2.27. The van der Waals surface area contributed by atoms with Crippen LogP contribution in [-0.2, 0) is 21.4 Å². The van der Waals surface area contributed by atoms with Crippen molar-refractivity contribution in [3.63, 3.8) is 0 Å². The van der Waals surface area contributed by atoms with Gasteiger partial charge in [-0.2, -0.15) is 4.31 Å². The number of carbonyl (C=O) groups is 1. The summed E-state index contributed by atoms with van der Waals surface area (Å²) in [5, 5.41) is 9.71. The Balaban J connectivity index is 2.54. The lowest BCUT2D eigenvalue weighted by Gasteiger charge is -2.30. The number of benzene rings is 2. The Kier molecular flexibility index (Phi) is 6.52. The average molecular weight is 407 g/mol. The Morgan fingerprint density at radius 2 is 1.71 bits per heavy atom. The summed E-state index contributed by atoms with van der Waals surface area (Å²) in [5.41, 5.74) is 12.7. The van der Waals surface area contributed by atoms with Gasteiger partial charge in [0.05, 0.1) is 23.4 Å². The van der Waals surface area contributed by atoms with Gasteiger partial charge in [0.15, 0.2) is 0 Å². The lowest BCUT2D eigenvalue weighted by molar-refractivity contribution is -0.143. The first-order chi connectivity index (χ1) is 13.1. The summed E-state index contributed by atoms with van der Waals surface area (Å²) in [7, 11) is -2.64. The molecule has 0 aliphatic rings. The first-order valence-corrected chi connectivity index (χ1v) is 10.0. The average Bonchev–Trinajstić information content (AvgIpc) is 2.63. The molecule has 2 rings (SSSR count). The summed E-state index contributed by atoms with van der Waals surface area (Å²) in [6, 6.07) is 9.27. The van der Waals surface area contributed by atoms with Crippen LogP contribution in [0.25, 0.3) is 0 Å². The van der Waals surface area contributed by atoms with Gasteiger partial charge in [0.1, 0.15) is 11.8 Å². The fourth-order valence-electron chi connectivity index (χ4n) is 2.86. The number of nitrogen functional groups attached to an aromatic ring is 2. The van der Waals surface area contributed by atoms with Crippen molar-refractivity contribution in [1.82, 2.24) is 4.31 Å². The predicted octanol–water partition coefficient (Wildman–Crippen LogP) is 2.16. The molecule has 0 bridgehead atoms. The summed E-state index contributed by atoms with van der Waals surface area (Å²) in [6.45, 7) is 3.16. The number of aliphatic carboxylic acids is 1. The molecule has 0 aliphatic heterocycles. The molecule has 152 valence electrons. The molecule has 0 saturated heterocycles. The minimum Gasteiger partial charge on any atom is -0.497 e. The monoisotopic (exact) mass is 407 g/mol. The number of nitrogens with zero attached hydrogens (tertiary/aromatic N) is 1. The van der Waals surface area contributed by atoms with Gasteiger partial charge >= 0.3 is 5.97 Å². The molecular weight excluding hydrogens is 382 g/mol. The second-order valence-corrected chi connectivity index (χ2v) is 8.61. The highest BCUT2D eigenvalue weighted by Gasteiger charge is 2.38. The molecule has 0 aliphatic carbocycles. The highest BCUT2D eigenvalue weighted by molar-refractivity contribution is 7.89. The zero-order chi connectivity index (χ0) is 21.1. The van der Waals surface area contributed by atoms with Gasteiger partial charge in [-0.15, -0.1) is 0 Å². The van der Waals surface area contributed by atoms with Crippen molar-refractivity contribution in [1.29, 1.82) is 0 Å². The third-order valence-corrected chi connectivity index (χ3v) is 6.19. The molecule has 2 aromatic rings. The fraction of sp³-hybridized carbons (Fsp3) is 0.316. The van der Waals surface area contributed by atoms with Crippen molar-refractivity contribution in [3.8, 4) is 5.75 Å². The third kappa shape index (κ3) is 4.55. The van der Waals surface area contributed by atoms with E-state index >= 15 is 0 Å². The standard InChI is InChI=1S/C19H25N3O5S/c1-12(2)18(19(23)24)22(11-13-4-9-16(20)17(21)10-13)28(25,26)15-7-5-14(27-3)6-8-15/h4-10,12,18H,11,20-21H2,1-3H3,(H,23,24)/t18-/m1/s1. The van der Waals surface area contributed by atoms with Crippen molar-refractivity contribution < 1.29 is 23.1 Å². The first-order valence-electron chi connectivity index (χ1n) is 8.60. The summed E-state index contributed by atoms with van der Waals surface area (Å²) in [6.07, 6.45) is 0. The van der Waals surface area contributed by atoms with Gasteiger partial charge < -0.3 is 21.3 Å². The van der Waals surface area contributed by atoms with E-state index in [0.717, 1.165) is 4.31 Å². The number of methoxy groups -OCH3 is 1. The van der Waals surface area contributed by atoms with E-state index in [4.69, 9.17) is 16.2 Å². The summed E-state index contributed by atoms with van der Waals surface area (Å²) >= 11 is 0. The molecule has 0 unspecified atom stereocenters. The number of rotatable bonds is 8. The molecule has 0 radical (unpaired) electrons. The van der Waals surface area contributed by atoms with Gasteiger partial charge in [-0.3, -0.25) is 4.79 Å². The first kappa shape index (κ1) is 21.5. The van der Waals surface area contributed by atoms with Crippen LogP contribution in [0.15, 0.2) is 47.4 Å². The van der Waals surface area contributed by atoms with Crippen molar-refractivity contribution >= 4 is 27.4 Å². The Morgan fingerprint density at radius 3 is 2.18 bits per heavy atom. The second-order valence-electron chi connectivity index (χ2n) is 6.72. The minimum absolute atomic E-state index is 0.0244. The van der Waals surface area contributed by atoms with Gasteiger partial charge in [0.2, 0.25) is 10.0 Å². The van der Waals surface area contributed by atoms with Crippen molar-refractivity contribution in [2.45, 2.75) is 31.3 Å². The number of carboxylic acid groups (broad SMARTS) is 1. The van der Waals surface area contributed by atoms with E-state index in [1.54, 1.807) is 32.0 Å². The van der Waals surface area contributed by atoms with E-state index in [1.165, 1.54) is 31.4 Å². The molecule has 8 nitrogen and oxygen atoms in total. The molecule has 0 saturated carbocycles. The molecule has 5 N–H and O–H groups in total. The van der Waals surface area contributed by atoms with E-state index in [2.05, 4.69) is 0 Å². The maximum Gasteiger partial charge on any atom is 0.322 e. The molecule has 0 heterocycles. The van der Waals surface area contributed by atoms with Crippen LogP contribution < -0.4 is 16.2 Å². The predicted molar refractivity (Wildman–Crippen MR) is 107 cm³/mol. The fourth-order valence-corrected chi connectivity index (χ4v) is 4.56. The minimum atomic E-state index is -4.11. The molecule has 0 aromatic heterocycles. The Labute approximate surface area is 164 Å². The smallest absolute Gasteiger partial charge is 0.322 e. The normalized spacial score (nSPS) is 12.9. The number of anilines is 2. The summed E-state index contributed by atoms with van der Waals surface area (Å²) < 4.78 is 32.6. The lowest BCUT2D eigenvalue weighted by Crippen LogP contribution is -2.47. The maximum absolute atomic E-state index is 13.3. The molecular formula is C19H25N3O5S. The van der Waals surface area contributed by atoms with Gasteiger partial charge in [-0.1, -0.05) is 19.9 Å². The Bertz CT molecular complexity index is 943. The van der Waals surface area contributed by atoms with Crippen LogP contribution in [0, 0.1) is 5.92 Å². The zero-order valence-corrected chi connectivity index (χ0v) is 16.8. The Morgan fingerprint density at radius 1 is 1.11 bits per heavy atom. The molecule has 2 aromatic carbocycles. The van der Waals surface area contributed by atoms with E-state index in [-0.39, 0.29) is 11.4 Å². The quantitative estimate of drug-likeness (QED) is 0.570. The maximum atomic E-state index is 13.3. The molecule has 9 heteroatoms. The van der Waals surface area contributed by atoms with Crippen LogP contribution in [0.1, 0.15) is 19.4 Å². The number of nitrogens with two attached hydrogens (primary N) is 2. The topological polar surface area (TPSA) is 136 Å². The van der Waals surface area contributed by atoms with Crippen LogP contribution in [0.3, 0.4) is 0 Å². The number of carboxylic acids is 1. The van der Waals surface area contributed by atoms with E-state index < -0.39 is 28.0 Å².